The highest BCUT2D eigenvalue weighted by atomic mass is 15.0. The highest BCUT2D eigenvalue weighted by molar-refractivity contribution is 5.54. The SMILES string of the molecule is C#CCCCNc1nccnc1N. The average Bonchev–Trinajstić information content (AvgIpc) is 2.15. The molecule has 0 unspecified atom stereocenters. The number of hydrogen-bond acceptors (Lipinski definition) is 4. The zero-order valence-corrected chi connectivity index (χ0v) is 7.33. The Morgan fingerprint density at radius 2 is 2.23 bits per heavy atom. The van der Waals surface area contributed by atoms with Gasteiger partial charge in [0.1, 0.15) is 0 Å². The fourth-order valence-corrected chi connectivity index (χ4v) is 0.882. The van der Waals surface area contributed by atoms with E-state index in [0.717, 1.165) is 19.4 Å². The molecule has 68 valence electrons. The third-order valence-electron chi connectivity index (χ3n) is 1.52. The highest BCUT2D eigenvalue weighted by Gasteiger charge is 1.97. The van der Waals surface area contributed by atoms with Crippen LogP contribution in [0.15, 0.2) is 12.4 Å². The Balaban J connectivity index is 2.37. The lowest BCUT2D eigenvalue weighted by Crippen LogP contribution is -2.06. The van der Waals surface area contributed by atoms with Gasteiger partial charge < -0.3 is 11.1 Å². The number of nitrogens with two attached hydrogens (primary N) is 1. The van der Waals surface area contributed by atoms with Crippen molar-refractivity contribution >= 4 is 11.6 Å². The molecule has 0 atom stereocenters. The van der Waals surface area contributed by atoms with Crippen molar-refractivity contribution in [2.75, 3.05) is 17.6 Å². The van der Waals surface area contributed by atoms with E-state index < -0.39 is 0 Å². The van der Waals surface area contributed by atoms with Gasteiger partial charge in [0.05, 0.1) is 0 Å². The molecule has 0 radical (unpaired) electrons. The van der Waals surface area contributed by atoms with Gasteiger partial charge in [-0.1, -0.05) is 0 Å². The topological polar surface area (TPSA) is 63.8 Å². The molecule has 4 heteroatoms. The number of hydrogen-bond donors (Lipinski definition) is 2. The van der Waals surface area contributed by atoms with Gasteiger partial charge in [0.15, 0.2) is 11.6 Å². The summed E-state index contributed by atoms with van der Waals surface area (Å²) in [5.41, 5.74) is 5.56. The Bertz CT molecular complexity index is 303. The number of nitrogens with zero attached hydrogens (tertiary/aromatic N) is 2. The van der Waals surface area contributed by atoms with Crippen molar-refractivity contribution in [3.05, 3.63) is 12.4 Å². The second-order valence-corrected chi connectivity index (χ2v) is 2.52. The van der Waals surface area contributed by atoms with Crippen LogP contribution in [0.3, 0.4) is 0 Å². The van der Waals surface area contributed by atoms with Gasteiger partial charge in [-0.3, -0.25) is 0 Å². The molecule has 0 saturated heterocycles. The van der Waals surface area contributed by atoms with Crippen LogP contribution in [-0.2, 0) is 0 Å². The maximum absolute atomic E-state index is 5.56. The van der Waals surface area contributed by atoms with Gasteiger partial charge in [0.2, 0.25) is 0 Å². The average molecular weight is 176 g/mol. The molecule has 0 aromatic carbocycles. The molecule has 1 rings (SSSR count). The van der Waals surface area contributed by atoms with Crippen LogP contribution < -0.4 is 11.1 Å². The fraction of sp³-hybridized carbons (Fsp3) is 0.333. The normalized spacial score (nSPS) is 9.15. The number of nitrogen functional groups attached to an aromatic ring is 1. The van der Waals surface area contributed by atoms with Crippen molar-refractivity contribution < 1.29 is 0 Å². The molecule has 0 saturated carbocycles. The largest absolute Gasteiger partial charge is 0.381 e. The molecule has 13 heavy (non-hydrogen) atoms. The van der Waals surface area contributed by atoms with Gasteiger partial charge in [-0.05, 0) is 6.42 Å². The number of nitrogens with one attached hydrogen (secondary N) is 1. The van der Waals surface area contributed by atoms with E-state index in [4.69, 9.17) is 12.2 Å². The molecule has 0 fully saturated rings. The first-order chi connectivity index (χ1) is 6.34. The minimum Gasteiger partial charge on any atom is -0.381 e. The minimum absolute atomic E-state index is 0.420. The van der Waals surface area contributed by atoms with E-state index in [0.29, 0.717) is 11.6 Å². The van der Waals surface area contributed by atoms with Crippen LogP contribution in [-0.4, -0.2) is 16.5 Å². The predicted molar refractivity (Wildman–Crippen MR) is 53.0 cm³/mol. The summed E-state index contributed by atoms with van der Waals surface area (Å²) in [6.45, 7) is 0.771. The van der Waals surface area contributed by atoms with Crippen LogP contribution in [0, 0.1) is 12.3 Å². The summed E-state index contributed by atoms with van der Waals surface area (Å²) in [6.07, 6.45) is 9.93. The first-order valence-corrected chi connectivity index (χ1v) is 4.08. The van der Waals surface area contributed by atoms with Crippen molar-refractivity contribution in [2.24, 2.45) is 0 Å². The Hall–Kier alpha value is -1.76. The van der Waals surface area contributed by atoms with Crippen LogP contribution in [0.4, 0.5) is 11.6 Å². The number of aromatic nitrogens is 2. The number of anilines is 2. The van der Waals surface area contributed by atoms with Crippen molar-refractivity contribution in [1.82, 2.24) is 9.97 Å². The molecule has 3 N–H and O–H groups in total. The van der Waals surface area contributed by atoms with Crippen LogP contribution in [0.1, 0.15) is 12.8 Å². The molecule has 1 heterocycles. The highest BCUT2D eigenvalue weighted by Crippen LogP contribution is 2.08. The van der Waals surface area contributed by atoms with Crippen molar-refractivity contribution in [2.45, 2.75) is 12.8 Å². The fourth-order valence-electron chi connectivity index (χ4n) is 0.882. The first-order valence-electron chi connectivity index (χ1n) is 4.08. The molecule has 1 aromatic heterocycles. The Morgan fingerprint density at radius 1 is 1.46 bits per heavy atom. The summed E-state index contributed by atoms with van der Waals surface area (Å²) >= 11 is 0. The standard InChI is InChI=1S/C9H12N4/c1-2-3-4-5-12-9-8(10)11-6-7-13-9/h1,6-7H,3-5H2,(H2,10,11)(H,12,13). The van der Waals surface area contributed by atoms with Gasteiger partial charge in [0, 0.05) is 25.4 Å². The molecule has 0 aliphatic heterocycles. The smallest absolute Gasteiger partial charge is 0.168 e. The van der Waals surface area contributed by atoms with Gasteiger partial charge in [0.25, 0.3) is 0 Å². The Morgan fingerprint density at radius 3 is 2.92 bits per heavy atom. The molecule has 0 aliphatic carbocycles. The number of rotatable bonds is 4. The van der Waals surface area contributed by atoms with Crippen molar-refractivity contribution in [1.29, 1.82) is 0 Å². The number of unbranched alkanes of at least 4 members (excludes halogenated alkanes) is 1. The maximum atomic E-state index is 5.56. The molecule has 0 aliphatic rings. The van der Waals surface area contributed by atoms with Gasteiger partial charge in [-0.15, -0.1) is 12.3 Å². The van der Waals surface area contributed by atoms with E-state index in [1.807, 2.05) is 0 Å². The Labute approximate surface area is 77.6 Å². The molecular weight excluding hydrogens is 164 g/mol. The number of terminal acetylenes is 1. The monoisotopic (exact) mass is 176 g/mol. The van der Waals surface area contributed by atoms with Crippen molar-refractivity contribution in [3.8, 4) is 12.3 Å². The summed E-state index contributed by atoms with van der Waals surface area (Å²) in [7, 11) is 0. The summed E-state index contributed by atoms with van der Waals surface area (Å²) in [4.78, 5) is 7.92. The molecule has 0 amide bonds. The van der Waals surface area contributed by atoms with Gasteiger partial charge in [-0.2, -0.15) is 0 Å². The van der Waals surface area contributed by atoms with E-state index in [1.54, 1.807) is 12.4 Å². The van der Waals surface area contributed by atoms with Crippen molar-refractivity contribution in [3.63, 3.8) is 0 Å². The third kappa shape index (κ3) is 2.99. The van der Waals surface area contributed by atoms with Crippen LogP contribution >= 0.6 is 0 Å². The summed E-state index contributed by atoms with van der Waals surface area (Å²) in [6, 6.07) is 0. The van der Waals surface area contributed by atoms with E-state index in [1.165, 1.54) is 0 Å². The van der Waals surface area contributed by atoms with Gasteiger partial charge in [-0.25, -0.2) is 9.97 Å². The lowest BCUT2D eigenvalue weighted by Gasteiger charge is -2.04. The lowest BCUT2D eigenvalue weighted by atomic mass is 10.3. The van der Waals surface area contributed by atoms with Crippen LogP contribution in [0.5, 0.6) is 0 Å². The minimum atomic E-state index is 0.420. The second kappa shape index (κ2) is 4.99. The molecule has 1 aromatic rings. The Kier molecular flexibility index (Phi) is 3.58. The lowest BCUT2D eigenvalue weighted by molar-refractivity contribution is 0.900. The first kappa shape index (κ1) is 9.33. The van der Waals surface area contributed by atoms with E-state index in [9.17, 15) is 0 Å². The summed E-state index contributed by atoms with van der Waals surface area (Å²) in [5, 5.41) is 3.05. The van der Waals surface area contributed by atoms with E-state index in [2.05, 4.69) is 21.2 Å². The quantitative estimate of drug-likeness (QED) is 0.528. The van der Waals surface area contributed by atoms with E-state index >= 15 is 0 Å². The molecule has 4 nitrogen and oxygen atoms in total. The zero-order valence-electron chi connectivity index (χ0n) is 7.33. The van der Waals surface area contributed by atoms with Gasteiger partial charge >= 0.3 is 0 Å². The second-order valence-electron chi connectivity index (χ2n) is 2.52. The maximum Gasteiger partial charge on any atom is 0.168 e. The summed E-state index contributed by atoms with van der Waals surface area (Å²) in [5.74, 6) is 3.61. The third-order valence-corrected chi connectivity index (χ3v) is 1.52. The summed E-state index contributed by atoms with van der Waals surface area (Å²) < 4.78 is 0. The molecular formula is C9H12N4. The van der Waals surface area contributed by atoms with E-state index in [-0.39, 0.29) is 0 Å². The van der Waals surface area contributed by atoms with Crippen LogP contribution in [0.2, 0.25) is 0 Å². The molecule has 0 spiro atoms. The predicted octanol–water partition coefficient (Wildman–Crippen LogP) is 0.884. The van der Waals surface area contributed by atoms with Crippen LogP contribution in [0.25, 0.3) is 0 Å². The molecule has 0 bridgehead atoms. The zero-order chi connectivity index (χ0) is 9.52.